The number of anilines is 1. The van der Waals surface area contributed by atoms with Crippen LogP contribution in [-0.4, -0.2) is 36.4 Å². The van der Waals surface area contributed by atoms with Gasteiger partial charge in [0.1, 0.15) is 21.5 Å². The smallest absolute Gasteiger partial charge is 0.147 e. The molecule has 0 saturated carbocycles. The van der Waals surface area contributed by atoms with Crippen LogP contribution in [0.5, 0.6) is 0 Å². The summed E-state index contributed by atoms with van der Waals surface area (Å²) in [6.07, 6.45) is 6.26. The van der Waals surface area contributed by atoms with Crippen LogP contribution >= 0.6 is 0 Å². The number of hydrogen-bond donors (Lipinski definition) is 1. The van der Waals surface area contributed by atoms with E-state index in [2.05, 4.69) is 15.3 Å². The number of sulfone groups is 1. The lowest BCUT2D eigenvalue weighted by Crippen LogP contribution is -2.23. The summed E-state index contributed by atoms with van der Waals surface area (Å²) < 4.78 is 22.4. The van der Waals surface area contributed by atoms with Crippen LogP contribution in [0.2, 0.25) is 0 Å². The van der Waals surface area contributed by atoms with Gasteiger partial charge in [-0.05, 0) is 46.0 Å². The zero-order valence-electron chi connectivity index (χ0n) is 12.4. The van der Waals surface area contributed by atoms with E-state index in [1.54, 1.807) is 0 Å². The molecular weight excluding hydrogens is 274 g/mol. The average molecular weight is 297 g/mol. The molecule has 0 amide bonds. The second-order valence-electron chi connectivity index (χ2n) is 5.72. The fraction of sp³-hybridized carbons (Fsp3) is 0.714. The van der Waals surface area contributed by atoms with Gasteiger partial charge in [0, 0.05) is 23.6 Å². The maximum absolute atomic E-state index is 11.2. The third-order valence-corrected chi connectivity index (χ3v) is 4.58. The van der Waals surface area contributed by atoms with Crippen molar-refractivity contribution in [1.82, 2.24) is 9.97 Å². The standard InChI is InChI=1S/C14H23N3O2S/c1-10(8-9-20(3,18)19)15-14-12-6-4-5-7-13(12)16-11(2)17-14/h10H,4-9H2,1-3H3,(H,15,16,17). The van der Waals surface area contributed by atoms with Crippen LogP contribution in [0.15, 0.2) is 0 Å². The Balaban J connectivity index is 2.10. The lowest BCUT2D eigenvalue weighted by Gasteiger charge is -2.22. The van der Waals surface area contributed by atoms with Crippen LogP contribution in [0.25, 0.3) is 0 Å². The number of nitrogens with zero attached hydrogens (tertiary/aromatic N) is 2. The molecule has 1 aromatic heterocycles. The fourth-order valence-electron chi connectivity index (χ4n) is 2.53. The minimum Gasteiger partial charge on any atom is -0.367 e. The molecule has 5 nitrogen and oxygen atoms in total. The summed E-state index contributed by atoms with van der Waals surface area (Å²) in [7, 11) is -2.91. The minimum atomic E-state index is -2.91. The van der Waals surface area contributed by atoms with Crippen molar-refractivity contribution in [1.29, 1.82) is 0 Å². The first-order chi connectivity index (χ1) is 9.35. The summed E-state index contributed by atoms with van der Waals surface area (Å²) in [6, 6.07) is 0.0880. The van der Waals surface area contributed by atoms with Gasteiger partial charge in [-0.2, -0.15) is 0 Å². The Bertz CT molecular complexity index is 584. The molecule has 1 N–H and O–H groups in total. The molecule has 1 atom stereocenters. The third-order valence-electron chi connectivity index (χ3n) is 3.60. The lowest BCUT2D eigenvalue weighted by molar-refractivity contribution is 0.595. The molecule has 6 heteroatoms. The highest BCUT2D eigenvalue weighted by atomic mass is 32.2. The zero-order valence-corrected chi connectivity index (χ0v) is 13.3. The van der Waals surface area contributed by atoms with Crippen molar-refractivity contribution < 1.29 is 8.42 Å². The van der Waals surface area contributed by atoms with Gasteiger partial charge < -0.3 is 5.32 Å². The number of fused-ring (bicyclic) bond motifs is 1. The average Bonchev–Trinajstić information content (AvgIpc) is 2.35. The summed E-state index contributed by atoms with van der Waals surface area (Å²) in [6.45, 7) is 3.90. The van der Waals surface area contributed by atoms with Crippen molar-refractivity contribution in [2.24, 2.45) is 0 Å². The molecule has 0 aliphatic heterocycles. The van der Waals surface area contributed by atoms with E-state index in [4.69, 9.17) is 0 Å². The maximum Gasteiger partial charge on any atom is 0.147 e. The number of nitrogens with one attached hydrogen (secondary N) is 1. The van der Waals surface area contributed by atoms with E-state index in [0.717, 1.165) is 30.2 Å². The number of hydrogen-bond acceptors (Lipinski definition) is 5. The molecule has 0 fully saturated rings. The van der Waals surface area contributed by atoms with Crippen molar-refractivity contribution in [2.45, 2.75) is 52.0 Å². The lowest BCUT2D eigenvalue weighted by atomic mass is 9.96. The Hall–Kier alpha value is -1.17. The summed E-state index contributed by atoms with van der Waals surface area (Å²) in [5.74, 6) is 1.88. The largest absolute Gasteiger partial charge is 0.367 e. The van der Waals surface area contributed by atoms with Gasteiger partial charge in [-0.15, -0.1) is 0 Å². The van der Waals surface area contributed by atoms with Crippen LogP contribution in [0.4, 0.5) is 5.82 Å². The van der Waals surface area contributed by atoms with Gasteiger partial charge in [0.05, 0.1) is 5.75 Å². The second kappa shape index (κ2) is 6.08. The molecule has 1 heterocycles. The summed E-state index contributed by atoms with van der Waals surface area (Å²) in [4.78, 5) is 9.02. The number of aryl methyl sites for hydroxylation is 2. The normalized spacial score (nSPS) is 16.6. The van der Waals surface area contributed by atoms with Crippen LogP contribution in [0.3, 0.4) is 0 Å². The molecule has 0 saturated heterocycles. The topological polar surface area (TPSA) is 72.0 Å². The van der Waals surface area contributed by atoms with Crippen LogP contribution in [0, 0.1) is 6.92 Å². The van der Waals surface area contributed by atoms with Crippen LogP contribution in [0.1, 0.15) is 43.3 Å². The molecule has 0 aromatic carbocycles. The molecule has 0 radical (unpaired) electrons. The maximum atomic E-state index is 11.2. The van der Waals surface area contributed by atoms with Gasteiger partial charge in [0.15, 0.2) is 0 Å². The highest BCUT2D eigenvalue weighted by Gasteiger charge is 2.18. The third kappa shape index (κ3) is 4.16. The first-order valence-corrected chi connectivity index (χ1v) is 9.22. The van der Waals surface area contributed by atoms with E-state index in [9.17, 15) is 8.42 Å². The predicted octanol–water partition coefficient (Wildman–Crippen LogP) is 1.90. The Labute approximate surface area is 121 Å². The van der Waals surface area contributed by atoms with Gasteiger partial charge in [0.25, 0.3) is 0 Å². The summed E-state index contributed by atoms with van der Waals surface area (Å²) in [5, 5.41) is 3.37. The van der Waals surface area contributed by atoms with E-state index in [1.165, 1.54) is 24.7 Å². The highest BCUT2D eigenvalue weighted by Crippen LogP contribution is 2.26. The van der Waals surface area contributed by atoms with Crippen molar-refractivity contribution in [2.75, 3.05) is 17.3 Å². The Morgan fingerprint density at radius 1 is 1.25 bits per heavy atom. The van der Waals surface area contributed by atoms with Crippen molar-refractivity contribution in [3.8, 4) is 0 Å². The van der Waals surface area contributed by atoms with E-state index >= 15 is 0 Å². The quantitative estimate of drug-likeness (QED) is 0.898. The van der Waals surface area contributed by atoms with Crippen LogP contribution in [-0.2, 0) is 22.7 Å². The zero-order chi connectivity index (χ0) is 14.8. The van der Waals surface area contributed by atoms with E-state index in [1.807, 2.05) is 13.8 Å². The monoisotopic (exact) mass is 297 g/mol. The predicted molar refractivity (Wildman–Crippen MR) is 80.8 cm³/mol. The second-order valence-corrected chi connectivity index (χ2v) is 7.98. The molecule has 2 rings (SSSR count). The molecule has 1 aliphatic carbocycles. The molecule has 0 spiro atoms. The Kier molecular flexibility index (Phi) is 4.62. The Morgan fingerprint density at radius 2 is 1.95 bits per heavy atom. The first kappa shape index (κ1) is 15.2. The van der Waals surface area contributed by atoms with E-state index in [0.29, 0.717) is 6.42 Å². The van der Waals surface area contributed by atoms with E-state index in [-0.39, 0.29) is 11.8 Å². The van der Waals surface area contributed by atoms with Crippen LogP contribution < -0.4 is 5.32 Å². The molecule has 1 aromatic rings. The van der Waals surface area contributed by atoms with Crippen molar-refractivity contribution in [3.05, 3.63) is 17.1 Å². The number of aromatic nitrogens is 2. The molecule has 20 heavy (non-hydrogen) atoms. The van der Waals surface area contributed by atoms with Crippen molar-refractivity contribution in [3.63, 3.8) is 0 Å². The highest BCUT2D eigenvalue weighted by molar-refractivity contribution is 7.90. The van der Waals surface area contributed by atoms with Crippen molar-refractivity contribution >= 4 is 15.7 Å². The molecule has 112 valence electrons. The summed E-state index contributed by atoms with van der Waals surface area (Å²) >= 11 is 0. The SMILES string of the molecule is Cc1nc2c(c(NC(C)CCS(C)(=O)=O)n1)CCCC2. The number of rotatable bonds is 5. The van der Waals surface area contributed by atoms with Gasteiger partial charge >= 0.3 is 0 Å². The van der Waals surface area contributed by atoms with E-state index < -0.39 is 9.84 Å². The van der Waals surface area contributed by atoms with Gasteiger partial charge in [-0.25, -0.2) is 18.4 Å². The van der Waals surface area contributed by atoms with Gasteiger partial charge in [-0.3, -0.25) is 0 Å². The van der Waals surface area contributed by atoms with Gasteiger partial charge in [-0.1, -0.05) is 0 Å². The van der Waals surface area contributed by atoms with Gasteiger partial charge in [0.2, 0.25) is 0 Å². The molecule has 1 aliphatic rings. The first-order valence-electron chi connectivity index (χ1n) is 7.16. The molecular formula is C14H23N3O2S. The fourth-order valence-corrected chi connectivity index (χ4v) is 3.31. The molecule has 0 bridgehead atoms. The summed E-state index contributed by atoms with van der Waals surface area (Å²) in [5.41, 5.74) is 2.37. The Morgan fingerprint density at radius 3 is 2.65 bits per heavy atom. The minimum absolute atomic E-state index is 0.0880. The molecule has 1 unspecified atom stereocenters.